The third-order valence-corrected chi connectivity index (χ3v) is 6.79. The highest BCUT2D eigenvalue weighted by molar-refractivity contribution is 7.99. The number of ketones is 1. The summed E-state index contributed by atoms with van der Waals surface area (Å²) in [6.45, 7) is 8.65. The fraction of sp³-hybridized carbons (Fsp3) is 0.458. The second-order valence-corrected chi connectivity index (χ2v) is 9.41. The fourth-order valence-electron chi connectivity index (χ4n) is 3.97. The first kappa shape index (κ1) is 25.1. The van der Waals surface area contributed by atoms with Crippen LogP contribution in [0.2, 0.25) is 0 Å². The molecule has 2 atom stereocenters. The van der Waals surface area contributed by atoms with Crippen molar-refractivity contribution in [3.05, 3.63) is 58.9 Å². The second kappa shape index (κ2) is 10.6. The van der Waals surface area contributed by atoms with Gasteiger partial charge in [0.1, 0.15) is 5.82 Å². The van der Waals surface area contributed by atoms with E-state index in [1.54, 1.807) is 19.2 Å². The van der Waals surface area contributed by atoms with E-state index in [4.69, 9.17) is 4.74 Å². The maximum Gasteiger partial charge on any atom is 0.196 e. The largest absolute Gasteiger partial charge is 0.383 e. The third-order valence-electron chi connectivity index (χ3n) is 5.86. The van der Waals surface area contributed by atoms with Crippen LogP contribution in [-0.2, 0) is 4.74 Å². The van der Waals surface area contributed by atoms with E-state index in [1.165, 1.54) is 23.9 Å². The van der Waals surface area contributed by atoms with Crippen LogP contribution < -0.4 is 0 Å². The van der Waals surface area contributed by atoms with Gasteiger partial charge >= 0.3 is 0 Å². The summed E-state index contributed by atoms with van der Waals surface area (Å²) < 4.78 is 22.8. The number of nitrogens with zero attached hydrogens (tertiary/aromatic N) is 5. The first-order valence-corrected chi connectivity index (χ1v) is 11.8. The molecule has 0 spiro atoms. The van der Waals surface area contributed by atoms with Crippen LogP contribution in [0.25, 0.3) is 5.69 Å². The Bertz CT molecular complexity index is 1110. The number of carbonyl (C=O) groups is 1. The molecule has 0 bridgehead atoms. The highest BCUT2D eigenvalue weighted by Gasteiger charge is 2.23. The SMILES string of the molecule is COC[C@@H](C)n1c(C)cc(C(=O)CSc2nnc([C@@H](C)N(C)C)n2-c2ccc(F)cc2)c1C. The summed E-state index contributed by atoms with van der Waals surface area (Å²) in [5, 5.41) is 9.35. The molecule has 0 saturated carbocycles. The van der Waals surface area contributed by atoms with Gasteiger partial charge < -0.3 is 9.30 Å². The highest BCUT2D eigenvalue weighted by atomic mass is 32.2. The quantitative estimate of drug-likeness (QED) is 0.316. The summed E-state index contributed by atoms with van der Waals surface area (Å²) in [6.07, 6.45) is 0. The summed E-state index contributed by atoms with van der Waals surface area (Å²) in [4.78, 5) is 15.2. The summed E-state index contributed by atoms with van der Waals surface area (Å²) in [7, 11) is 5.60. The minimum Gasteiger partial charge on any atom is -0.383 e. The molecule has 33 heavy (non-hydrogen) atoms. The number of carbonyl (C=O) groups excluding carboxylic acids is 1. The zero-order valence-electron chi connectivity index (χ0n) is 20.3. The zero-order valence-corrected chi connectivity index (χ0v) is 21.1. The second-order valence-electron chi connectivity index (χ2n) is 8.46. The maximum atomic E-state index is 13.5. The van der Waals surface area contributed by atoms with E-state index >= 15 is 0 Å². The van der Waals surface area contributed by atoms with Crippen molar-refractivity contribution in [2.75, 3.05) is 33.6 Å². The van der Waals surface area contributed by atoms with Gasteiger partial charge in [-0.25, -0.2) is 4.39 Å². The molecule has 3 aromatic rings. The predicted molar refractivity (Wildman–Crippen MR) is 129 cm³/mol. The lowest BCUT2D eigenvalue weighted by atomic mass is 10.2. The zero-order chi connectivity index (χ0) is 24.3. The van der Waals surface area contributed by atoms with Gasteiger partial charge in [0.25, 0.3) is 0 Å². The summed E-state index contributed by atoms with van der Waals surface area (Å²) in [5.41, 5.74) is 3.43. The molecule has 0 aliphatic rings. The number of aryl methyl sites for hydroxylation is 1. The van der Waals surface area contributed by atoms with Crippen LogP contribution in [0.5, 0.6) is 0 Å². The first-order valence-electron chi connectivity index (χ1n) is 10.9. The number of hydrogen-bond donors (Lipinski definition) is 0. The number of halogens is 1. The monoisotopic (exact) mass is 473 g/mol. The number of Topliss-reactive ketones (excluding diaryl/α,β-unsaturated/α-hetero) is 1. The molecule has 0 N–H and O–H groups in total. The Balaban J connectivity index is 1.88. The van der Waals surface area contributed by atoms with E-state index in [0.29, 0.717) is 17.3 Å². The molecule has 0 unspecified atom stereocenters. The number of rotatable bonds is 10. The number of benzene rings is 1. The number of thioether (sulfide) groups is 1. The molecule has 0 fully saturated rings. The van der Waals surface area contributed by atoms with E-state index in [-0.39, 0.29) is 29.4 Å². The number of ether oxygens (including phenoxy) is 1. The van der Waals surface area contributed by atoms with Crippen molar-refractivity contribution >= 4 is 17.5 Å². The Hall–Kier alpha value is -2.49. The van der Waals surface area contributed by atoms with E-state index < -0.39 is 0 Å². The van der Waals surface area contributed by atoms with E-state index in [0.717, 1.165) is 22.9 Å². The van der Waals surface area contributed by atoms with Crippen molar-refractivity contribution in [1.82, 2.24) is 24.2 Å². The van der Waals surface area contributed by atoms with Gasteiger partial charge in [0.15, 0.2) is 16.8 Å². The lowest BCUT2D eigenvalue weighted by molar-refractivity contribution is 0.102. The Morgan fingerprint density at radius 2 is 1.85 bits per heavy atom. The van der Waals surface area contributed by atoms with Crippen molar-refractivity contribution in [3.8, 4) is 5.69 Å². The van der Waals surface area contributed by atoms with Gasteiger partial charge in [-0.2, -0.15) is 0 Å². The molecule has 1 aromatic carbocycles. The Labute approximate surface area is 198 Å². The van der Waals surface area contributed by atoms with Crippen molar-refractivity contribution in [1.29, 1.82) is 0 Å². The van der Waals surface area contributed by atoms with Gasteiger partial charge in [0.2, 0.25) is 0 Å². The Morgan fingerprint density at radius 3 is 2.45 bits per heavy atom. The smallest absolute Gasteiger partial charge is 0.196 e. The average Bonchev–Trinajstić information content (AvgIpc) is 3.32. The lowest BCUT2D eigenvalue weighted by Crippen LogP contribution is -2.20. The van der Waals surface area contributed by atoms with Crippen LogP contribution in [0.15, 0.2) is 35.5 Å². The average molecular weight is 474 g/mol. The molecule has 3 rings (SSSR count). The molecule has 9 heteroatoms. The number of methoxy groups -OCH3 is 1. The lowest BCUT2D eigenvalue weighted by Gasteiger charge is -2.20. The minimum atomic E-state index is -0.309. The van der Waals surface area contributed by atoms with Crippen molar-refractivity contribution in [2.24, 2.45) is 0 Å². The van der Waals surface area contributed by atoms with Gasteiger partial charge in [0.05, 0.1) is 24.4 Å². The summed E-state index contributed by atoms with van der Waals surface area (Å²) in [5.74, 6) is 0.669. The van der Waals surface area contributed by atoms with Crippen molar-refractivity contribution < 1.29 is 13.9 Å². The molecule has 2 heterocycles. The normalized spacial score (nSPS) is 13.5. The molecule has 0 amide bonds. The molecule has 0 aliphatic carbocycles. The van der Waals surface area contributed by atoms with Crippen LogP contribution in [-0.4, -0.2) is 63.6 Å². The molecular weight excluding hydrogens is 441 g/mol. The van der Waals surface area contributed by atoms with E-state index in [9.17, 15) is 9.18 Å². The number of hydrogen-bond acceptors (Lipinski definition) is 6. The molecule has 0 aliphatic heterocycles. The first-order chi connectivity index (χ1) is 15.6. The van der Waals surface area contributed by atoms with E-state index in [2.05, 4.69) is 21.7 Å². The molecule has 7 nitrogen and oxygen atoms in total. The van der Waals surface area contributed by atoms with Crippen LogP contribution >= 0.6 is 11.8 Å². The van der Waals surface area contributed by atoms with Crippen molar-refractivity contribution in [2.45, 2.75) is 44.9 Å². The topological polar surface area (TPSA) is 65.2 Å². The molecule has 178 valence electrons. The van der Waals surface area contributed by atoms with Crippen LogP contribution in [0.3, 0.4) is 0 Å². The standard InChI is InChI=1S/C24H32FN5O2S/c1-15-12-21(17(3)29(15)16(2)13-32-7)22(31)14-33-24-27-26-23(18(4)28(5)6)30(24)20-10-8-19(25)9-11-20/h8-12,16,18H,13-14H2,1-7H3/t16-,18-/m1/s1. The summed E-state index contributed by atoms with van der Waals surface area (Å²) in [6, 6.07) is 8.27. The number of aromatic nitrogens is 4. The van der Waals surface area contributed by atoms with Gasteiger partial charge in [-0.3, -0.25) is 14.3 Å². The maximum absolute atomic E-state index is 13.5. The summed E-state index contributed by atoms with van der Waals surface area (Å²) >= 11 is 1.34. The van der Waals surface area contributed by atoms with Gasteiger partial charge in [0, 0.05) is 29.7 Å². The third kappa shape index (κ3) is 5.37. The Morgan fingerprint density at radius 1 is 1.18 bits per heavy atom. The van der Waals surface area contributed by atoms with Crippen LogP contribution in [0.4, 0.5) is 4.39 Å². The van der Waals surface area contributed by atoms with Crippen LogP contribution in [0, 0.1) is 19.7 Å². The van der Waals surface area contributed by atoms with E-state index in [1.807, 2.05) is 50.4 Å². The van der Waals surface area contributed by atoms with Crippen LogP contribution in [0.1, 0.15) is 53.5 Å². The van der Waals surface area contributed by atoms with Gasteiger partial charge in [-0.05, 0) is 72.1 Å². The molecular formula is C24H32FN5O2S. The molecule has 0 radical (unpaired) electrons. The van der Waals surface area contributed by atoms with Crippen molar-refractivity contribution in [3.63, 3.8) is 0 Å². The predicted octanol–water partition coefficient (Wildman–Crippen LogP) is 4.63. The highest BCUT2D eigenvalue weighted by Crippen LogP contribution is 2.28. The van der Waals surface area contributed by atoms with Gasteiger partial charge in [-0.1, -0.05) is 11.8 Å². The molecule has 2 aromatic heterocycles. The van der Waals surface area contributed by atoms with Gasteiger partial charge in [-0.15, -0.1) is 10.2 Å². The fourth-order valence-corrected chi connectivity index (χ4v) is 4.81. The molecule has 0 saturated heterocycles. The Kier molecular flexibility index (Phi) is 8.10. The minimum absolute atomic E-state index is 0.0196.